The van der Waals surface area contributed by atoms with Crippen molar-refractivity contribution < 1.29 is 4.57 Å². The van der Waals surface area contributed by atoms with Gasteiger partial charge in [-0.25, -0.2) is 4.57 Å². The molecule has 0 saturated carbocycles. The van der Waals surface area contributed by atoms with Gasteiger partial charge in [0.15, 0.2) is 12.4 Å². The van der Waals surface area contributed by atoms with E-state index in [1.54, 1.807) is 0 Å². The minimum Gasteiger partial charge on any atom is -0.205 e. The van der Waals surface area contributed by atoms with Crippen molar-refractivity contribution in [2.75, 3.05) is 0 Å². The van der Waals surface area contributed by atoms with E-state index in [0.29, 0.717) is 0 Å². The predicted octanol–water partition coefficient (Wildman–Crippen LogP) is 3.30. The van der Waals surface area contributed by atoms with Gasteiger partial charge in [0.25, 0.3) is 0 Å². The topological polar surface area (TPSA) is 3.88 Å². The van der Waals surface area contributed by atoms with Crippen LogP contribution in [0.3, 0.4) is 0 Å². The van der Waals surface area contributed by atoms with Crippen molar-refractivity contribution in [2.45, 2.75) is 26.8 Å². The summed E-state index contributed by atoms with van der Waals surface area (Å²) in [5, 5.41) is 2.11. The van der Waals surface area contributed by atoms with E-state index in [9.17, 15) is 0 Å². The second kappa shape index (κ2) is 7.18. The fraction of sp³-hybridized carbons (Fsp3) is 0.308. The van der Waals surface area contributed by atoms with Crippen LogP contribution in [0.15, 0.2) is 48.1 Å². The molecule has 0 aliphatic rings. The third-order valence-electron chi connectivity index (χ3n) is 2.07. The lowest BCUT2D eigenvalue weighted by atomic mass is 10.4. The molecular weight excluding hydrogens is 202 g/mol. The maximum absolute atomic E-state index is 2.17. The highest BCUT2D eigenvalue weighted by atomic mass is 32.1. The summed E-state index contributed by atoms with van der Waals surface area (Å²) in [5.74, 6) is 0. The number of hydrogen-bond acceptors (Lipinski definition) is 1. The molecule has 0 N–H and O–H groups in total. The normalized spacial score (nSPS) is 9.20. The van der Waals surface area contributed by atoms with Crippen molar-refractivity contribution in [1.29, 1.82) is 0 Å². The summed E-state index contributed by atoms with van der Waals surface area (Å²) in [6, 6.07) is 10.3. The zero-order chi connectivity index (χ0) is 10.9. The van der Waals surface area contributed by atoms with Crippen molar-refractivity contribution in [2.24, 2.45) is 0 Å². The Labute approximate surface area is 96.0 Å². The van der Waals surface area contributed by atoms with Crippen LogP contribution in [-0.4, -0.2) is 0 Å². The summed E-state index contributed by atoms with van der Waals surface area (Å²) in [7, 11) is 0. The van der Waals surface area contributed by atoms with Crippen LogP contribution >= 0.6 is 11.3 Å². The van der Waals surface area contributed by atoms with Gasteiger partial charge in [-0.2, -0.15) is 0 Å². The Morgan fingerprint density at radius 3 is 2.13 bits per heavy atom. The van der Waals surface area contributed by atoms with Gasteiger partial charge in [0.1, 0.15) is 6.54 Å². The second-order valence-electron chi connectivity index (χ2n) is 3.14. The van der Waals surface area contributed by atoms with E-state index in [4.69, 9.17) is 0 Å². The number of thiophene rings is 1. The molecule has 0 bridgehead atoms. The first-order valence-electron chi connectivity index (χ1n) is 5.33. The number of aryl methyl sites for hydroxylation is 2. The van der Waals surface area contributed by atoms with E-state index in [2.05, 4.69) is 48.3 Å². The number of hydrogen-bond donors (Lipinski definition) is 0. The van der Waals surface area contributed by atoms with Gasteiger partial charge < -0.3 is 0 Å². The molecule has 2 heteroatoms. The molecule has 2 aromatic rings. The maximum atomic E-state index is 2.17. The minimum atomic E-state index is 1.06. The molecule has 80 valence electrons. The molecule has 0 spiro atoms. The maximum Gasteiger partial charge on any atom is 0.168 e. The Kier molecular flexibility index (Phi) is 5.71. The number of aromatic nitrogens is 1. The highest BCUT2D eigenvalue weighted by Crippen LogP contribution is 2.07. The van der Waals surface area contributed by atoms with Crippen LogP contribution < -0.4 is 4.57 Å². The molecule has 0 amide bonds. The van der Waals surface area contributed by atoms with Crippen LogP contribution in [0.1, 0.15) is 18.7 Å². The van der Waals surface area contributed by atoms with Crippen LogP contribution in [0.25, 0.3) is 0 Å². The monoisotopic (exact) mass is 220 g/mol. The van der Waals surface area contributed by atoms with Gasteiger partial charge in [0.2, 0.25) is 0 Å². The highest BCUT2D eigenvalue weighted by Gasteiger charge is 1.86. The van der Waals surface area contributed by atoms with Crippen molar-refractivity contribution in [3.8, 4) is 0 Å². The summed E-state index contributed by atoms with van der Waals surface area (Å²) in [5.41, 5.74) is 0. The summed E-state index contributed by atoms with van der Waals surface area (Å²) < 4.78 is 2.12. The van der Waals surface area contributed by atoms with Crippen LogP contribution in [0.4, 0.5) is 0 Å². The molecule has 0 saturated heterocycles. The molecule has 2 aromatic heterocycles. The number of pyridine rings is 1. The average molecular weight is 220 g/mol. The highest BCUT2D eigenvalue weighted by molar-refractivity contribution is 7.09. The summed E-state index contributed by atoms with van der Waals surface area (Å²) in [6.07, 6.45) is 5.29. The quantitative estimate of drug-likeness (QED) is 0.684. The van der Waals surface area contributed by atoms with Gasteiger partial charge in [-0.15, -0.1) is 11.3 Å². The van der Waals surface area contributed by atoms with Crippen molar-refractivity contribution in [3.05, 3.63) is 53.0 Å². The molecule has 2 heterocycles. The Bertz CT molecular complexity index is 340. The van der Waals surface area contributed by atoms with Gasteiger partial charge in [0.05, 0.1) is 0 Å². The average Bonchev–Trinajstić information content (AvgIpc) is 2.84. The van der Waals surface area contributed by atoms with Crippen LogP contribution in [-0.2, 0) is 13.0 Å². The number of rotatable bonds is 2. The van der Waals surface area contributed by atoms with Crippen LogP contribution in [0, 0.1) is 0 Å². The van der Waals surface area contributed by atoms with E-state index in [1.165, 1.54) is 11.3 Å². The van der Waals surface area contributed by atoms with E-state index in [-0.39, 0.29) is 0 Å². The lowest BCUT2D eigenvalue weighted by Crippen LogP contribution is -2.30. The molecule has 2 rings (SSSR count). The lowest BCUT2D eigenvalue weighted by molar-refractivity contribution is -0.693. The molecule has 0 atom stereocenters. The summed E-state index contributed by atoms with van der Waals surface area (Å²) >= 11 is 1.82. The Morgan fingerprint density at radius 2 is 1.80 bits per heavy atom. The van der Waals surface area contributed by atoms with Gasteiger partial charge in [-0.1, -0.05) is 19.1 Å². The SMILES string of the molecule is CC[n+]1ccccc1.CCc1cccs1. The largest absolute Gasteiger partial charge is 0.205 e. The molecule has 0 fully saturated rings. The van der Waals surface area contributed by atoms with Crippen molar-refractivity contribution in [1.82, 2.24) is 0 Å². The van der Waals surface area contributed by atoms with Crippen molar-refractivity contribution in [3.63, 3.8) is 0 Å². The van der Waals surface area contributed by atoms with E-state index < -0.39 is 0 Å². The molecule has 15 heavy (non-hydrogen) atoms. The Morgan fingerprint density at radius 1 is 1.07 bits per heavy atom. The standard InChI is InChI=1S/C7H10N.C6H8S/c1-2-8-6-4-3-5-7-8;1-2-6-4-3-5-7-6/h3-7H,2H2,1H3;3-5H,2H2,1H3/q+1;. The molecular formula is C13H18NS+. The second-order valence-corrected chi connectivity index (χ2v) is 4.17. The third-order valence-corrected chi connectivity index (χ3v) is 3.09. The van der Waals surface area contributed by atoms with Gasteiger partial charge in [-0.3, -0.25) is 0 Å². The zero-order valence-corrected chi connectivity index (χ0v) is 10.2. The van der Waals surface area contributed by atoms with E-state index >= 15 is 0 Å². The van der Waals surface area contributed by atoms with E-state index in [0.717, 1.165) is 6.54 Å². The third kappa shape index (κ3) is 4.75. The first-order chi connectivity index (χ1) is 7.36. The van der Waals surface area contributed by atoms with E-state index in [1.807, 2.05) is 29.5 Å². The minimum absolute atomic E-state index is 1.06. The molecule has 0 aliphatic heterocycles. The molecule has 0 aromatic carbocycles. The molecule has 0 unspecified atom stereocenters. The fourth-order valence-corrected chi connectivity index (χ4v) is 1.81. The fourth-order valence-electron chi connectivity index (χ4n) is 1.16. The van der Waals surface area contributed by atoms with Gasteiger partial charge in [0, 0.05) is 17.0 Å². The number of nitrogens with zero attached hydrogens (tertiary/aromatic N) is 1. The smallest absolute Gasteiger partial charge is 0.168 e. The lowest BCUT2D eigenvalue weighted by Gasteiger charge is -1.84. The summed E-state index contributed by atoms with van der Waals surface area (Å²) in [6.45, 7) is 5.35. The van der Waals surface area contributed by atoms with Crippen molar-refractivity contribution >= 4 is 11.3 Å². The molecule has 1 nitrogen and oxygen atoms in total. The molecule has 0 radical (unpaired) electrons. The first-order valence-corrected chi connectivity index (χ1v) is 6.21. The molecule has 0 aliphatic carbocycles. The zero-order valence-electron chi connectivity index (χ0n) is 9.39. The van der Waals surface area contributed by atoms with Gasteiger partial charge in [-0.05, 0) is 24.8 Å². The first kappa shape index (κ1) is 11.9. The summed E-state index contributed by atoms with van der Waals surface area (Å²) in [4.78, 5) is 1.47. The predicted molar refractivity (Wildman–Crippen MR) is 66.0 cm³/mol. The van der Waals surface area contributed by atoms with Crippen LogP contribution in [0.5, 0.6) is 0 Å². The Balaban J connectivity index is 0.000000151. The van der Waals surface area contributed by atoms with Gasteiger partial charge >= 0.3 is 0 Å². The Hall–Kier alpha value is -1.15. The van der Waals surface area contributed by atoms with Crippen LogP contribution in [0.2, 0.25) is 0 Å².